The first-order chi connectivity index (χ1) is 8.21. The summed E-state index contributed by atoms with van der Waals surface area (Å²) in [5, 5.41) is 0. The summed E-state index contributed by atoms with van der Waals surface area (Å²) in [4.78, 5) is 13.6. The predicted molar refractivity (Wildman–Crippen MR) is 76.3 cm³/mol. The van der Waals surface area contributed by atoms with Crippen molar-refractivity contribution < 1.29 is 9.53 Å². The minimum atomic E-state index is -0.426. The molecule has 1 atom stereocenters. The average Bonchev–Trinajstić information content (AvgIpc) is 2.25. The second kappa shape index (κ2) is 4.26. The lowest BCUT2D eigenvalue weighted by Gasteiger charge is -2.34. The molecule has 98 valence electrons. The van der Waals surface area contributed by atoms with E-state index in [4.69, 9.17) is 4.74 Å². The fourth-order valence-electron chi connectivity index (χ4n) is 2.13. The fraction of sp³-hybridized carbons (Fsp3) is 0.500. The molecule has 1 amide bonds. The maximum Gasteiger partial charge on any atom is 0.267 e. The number of carbonyl (C=O) groups excluding carboxylic acids is 1. The van der Waals surface area contributed by atoms with E-state index in [1.165, 1.54) is 0 Å². The number of nitrogens with zero attached hydrogens (tertiary/aromatic N) is 1. The maximum absolute atomic E-state index is 11.9. The molecule has 0 N–H and O–H groups in total. The van der Waals surface area contributed by atoms with Crippen LogP contribution >= 0.6 is 15.9 Å². The smallest absolute Gasteiger partial charge is 0.267 e. The SMILES string of the molecule is CC1Oc2c(cc(Br)cc2C(C)(C)C)N(C)C1=O. The van der Waals surface area contributed by atoms with Gasteiger partial charge in [-0.2, -0.15) is 0 Å². The van der Waals surface area contributed by atoms with E-state index in [-0.39, 0.29) is 11.3 Å². The lowest BCUT2D eigenvalue weighted by molar-refractivity contribution is -0.125. The van der Waals surface area contributed by atoms with Crippen LogP contribution in [-0.2, 0) is 10.2 Å². The zero-order chi connectivity index (χ0) is 13.7. The molecular formula is C14H18BrNO2. The molecule has 1 aliphatic rings. The van der Waals surface area contributed by atoms with Gasteiger partial charge in [0.15, 0.2) is 6.10 Å². The monoisotopic (exact) mass is 311 g/mol. The molecule has 2 rings (SSSR count). The van der Waals surface area contributed by atoms with E-state index >= 15 is 0 Å². The first-order valence-corrected chi connectivity index (χ1v) is 6.79. The van der Waals surface area contributed by atoms with E-state index in [2.05, 4.69) is 42.8 Å². The minimum absolute atomic E-state index is 0.0135. The van der Waals surface area contributed by atoms with Crippen LogP contribution in [0.25, 0.3) is 0 Å². The van der Waals surface area contributed by atoms with Gasteiger partial charge < -0.3 is 9.64 Å². The summed E-state index contributed by atoms with van der Waals surface area (Å²) in [6, 6.07) is 3.99. The van der Waals surface area contributed by atoms with Gasteiger partial charge in [0.1, 0.15) is 5.75 Å². The number of likely N-dealkylation sites (N-methyl/N-ethyl adjacent to an activating group) is 1. The van der Waals surface area contributed by atoms with E-state index in [0.717, 1.165) is 21.5 Å². The van der Waals surface area contributed by atoms with Gasteiger partial charge >= 0.3 is 0 Å². The van der Waals surface area contributed by atoms with Gasteiger partial charge in [-0.1, -0.05) is 36.7 Å². The van der Waals surface area contributed by atoms with Gasteiger partial charge in [-0.3, -0.25) is 4.79 Å². The van der Waals surface area contributed by atoms with Gasteiger partial charge in [-0.05, 0) is 24.5 Å². The topological polar surface area (TPSA) is 29.5 Å². The normalized spacial score (nSPS) is 19.6. The van der Waals surface area contributed by atoms with Crippen molar-refractivity contribution in [3.63, 3.8) is 0 Å². The van der Waals surface area contributed by atoms with Crippen molar-refractivity contribution in [2.24, 2.45) is 0 Å². The fourth-order valence-corrected chi connectivity index (χ4v) is 2.57. The van der Waals surface area contributed by atoms with Crippen LogP contribution in [0.4, 0.5) is 5.69 Å². The van der Waals surface area contributed by atoms with Gasteiger partial charge in [-0.25, -0.2) is 0 Å². The van der Waals surface area contributed by atoms with Crippen LogP contribution in [0.5, 0.6) is 5.75 Å². The molecule has 4 heteroatoms. The Morgan fingerprint density at radius 2 is 1.94 bits per heavy atom. The van der Waals surface area contributed by atoms with Gasteiger partial charge in [-0.15, -0.1) is 0 Å². The van der Waals surface area contributed by atoms with Crippen LogP contribution in [-0.4, -0.2) is 19.1 Å². The first-order valence-electron chi connectivity index (χ1n) is 6.00. The summed E-state index contributed by atoms with van der Waals surface area (Å²) in [6.45, 7) is 8.20. The number of ether oxygens (including phenoxy) is 1. The second-order valence-electron chi connectivity index (χ2n) is 5.71. The number of fused-ring (bicyclic) bond motifs is 1. The van der Waals surface area contributed by atoms with Crippen LogP contribution < -0.4 is 9.64 Å². The van der Waals surface area contributed by atoms with Gasteiger partial charge in [0.05, 0.1) is 5.69 Å². The third kappa shape index (κ3) is 2.14. The van der Waals surface area contributed by atoms with Crippen molar-refractivity contribution in [3.8, 4) is 5.75 Å². The van der Waals surface area contributed by atoms with E-state index in [1.807, 2.05) is 6.07 Å². The Kier molecular flexibility index (Phi) is 3.18. The molecule has 0 radical (unpaired) electrons. The molecule has 1 aromatic carbocycles. The maximum atomic E-state index is 11.9. The van der Waals surface area contributed by atoms with Gasteiger partial charge in [0, 0.05) is 17.1 Å². The molecule has 0 bridgehead atoms. The van der Waals surface area contributed by atoms with Crippen molar-refractivity contribution in [3.05, 3.63) is 22.2 Å². The molecule has 0 fully saturated rings. The van der Waals surface area contributed by atoms with Crippen molar-refractivity contribution >= 4 is 27.5 Å². The molecule has 3 nitrogen and oxygen atoms in total. The Hall–Kier alpha value is -1.03. The highest BCUT2D eigenvalue weighted by Gasteiger charge is 2.33. The van der Waals surface area contributed by atoms with Crippen molar-refractivity contribution in [2.45, 2.75) is 39.2 Å². The number of halogens is 1. The van der Waals surface area contributed by atoms with E-state index in [1.54, 1.807) is 18.9 Å². The Balaban J connectivity index is 2.67. The molecule has 0 aromatic heterocycles. The van der Waals surface area contributed by atoms with Crippen LogP contribution in [0.3, 0.4) is 0 Å². The van der Waals surface area contributed by atoms with Crippen LogP contribution in [0.2, 0.25) is 0 Å². The van der Waals surface area contributed by atoms with Gasteiger partial charge in [0.2, 0.25) is 0 Å². The number of anilines is 1. The largest absolute Gasteiger partial charge is 0.478 e. The molecule has 1 aromatic rings. The number of amides is 1. The Morgan fingerprint density at radius 1 is 1.33 bits per heavy atom. The highest BCUT2D eigenvalue weighted by molar-refractivity contribution is 9.10. The number of hydrogen-bond donors (Lipinski definition) is 0. The molecule has 1 unspecified atom stereocenters. The number of benzene rings is 1. The van der Waals surface area contributed by atoms with Crippen LogP contribution in [0.1, 0.15) is 33.3 Å². The van der Waals surface area contributed by atoms with Crippen molar-refractivity contribution in [2.75, 3.05) is 11.9 Å². The molecule has 0 aliphatic carbocycles. The highest BCUT2D eigenvalue weighted by Crippen LogP contribution is 2.43. The lowest BCUT2D eigenvalue weighted by atomic mass is 9.85. The van der Waals surface area contributed by atoms with Crippen molar-refractivity contribution in [1.29, 1.82) is 0 Å². The Bertz CT molecular complexity index is 505. The third-order valence-electron chi connectivity index (χ3n) is 3.18. The summed E-state index contributed by atoms with van der Waals surface area (Å²) in [5.74, 6) is 0.806. The standard InChI is InChI=1S/C14H18BrNO2/c1-8-13(17)16(5)11-7-9(15)6-10(12(11)18-8)14(2,3)4/h6-8H,1-5H3. The first kappa shape index (κ1) is 13.4. The Labute approximate surface area is 116 Å². The second-order valence-corrected chi connectivity index (χ2v) is 6.62. The summed E-state index contributed by atoms with van der Waals surface area (Å²) < 4.78 is 6.78. The summed E-state index contributed by atoms with van der Waals surface area (Å²) in [6.07, 6.45) is -0.426. The number of carbonyl (C=O) groups is 1. The number of rotatable bonds is 0. The molecule has 1 aliphatic heterocycles. The zero-order valence-corrected chi connectivity index (χ0v) is 13.0. The zero-order valence-electron chi connectivity index (χ0n) is 11.4. The van der Waals surface area contributed by atoms with Crippen LogP contribution in [0.15, 0.2) is 16.6 Å². The average molecular weight is 312 g/mol. The predicted octanol–water partition coefficient (Wildman–Crippen LogP) is 3.49. The van der Waals surface area contributed by atoms with E-state index < -0.39 is 6.10 Å². The third-order valence-corrected chi connectivity index (χ3v) is 3.63. The quantitative estimate of drug-likeness (QED) is 0.734. The molecule has 18 heavy (non-hydrogen) atoms. The number of hydrogen-bond acceptors (Lipinski definition) is 2. The minimum Gasteiger partial charge on any atom is -0.478 e. The molecular weight excluding hydrogens is 294 g/mol. The molecule has 1 heterocycles. The lowest BCUT2D eigenvalue weighted by Crippen LogP contribution is -2.42. The summed E-state index contributed by atoms with van der Waals surface area (Å²) in [7, 11) is 1.79. The van der Waals surface area contributed by atoms with Gasteiger partial charge in [0.25, 0.3) is 5.91 Å². The van der Waals surface area contributed by atoms with E-state index in [0.29, 0.717) is 0 Å². The highest BCUT2D eigenvalue weighted by atomic mass is 79.9. The van der Waals surface area contributed by atoms with Crippen molar-refractivity contribution in [1.82, 2.24) is 0 Å². The van der Waals surface area contributed by atoms with E-state index in [9.17, 15) is 4.79 Å². The Morgan fingerprint density at radius 3 is 2.50 bits per heavy atom. The van der Waals surface area contributed by atoms with Crippen LogP contribution in [0, 0.1) is 0 Å². The molecule has 0 saturated carbocycles. The summed E-state index contributed by atoms with van der Waals surface area (Å²) >= 11 is 3.50. The molecule has 0 spiro atoms. The summed E-state index contributed by atoms with van der Waals surface area (Å²) in [5.41, 5.74) is 1.91. The molecule has 0 saturated heterocycles.